The molecule has 17 heavy (non-hydrogen) atoms. The van der Waals surface area contributed by atoms with Crippen LogP contribution in [0.1, 0.15) is 39.7 Å². The molecule has 0 fully saturated rings. The minimum absolute atomic E-state index is 0.561. The highest BCUT2D eigenvalue weighted by atomic mass is 16.5. The van der Waals surface area contributed by atoms with Crippen molar-refractivity contribution in [2.75, 3.05) is 6.61 Å². The van der Waals surface area contributed by atoms with Gasteiger partial charge >= 0.3 is 0 Å². The van der Waals surface area contributed by atoms with Crippen LogP contribution in [0.4, 0.5) is 0 Å². The average molecular weight is 235 g/mol. The molecule has 0 amide bonds. The molecule has 0 aliphatic carbocycles. The van der Waals surface area contributed by atoms with Gasteiger partial charge < -0.3 is 10.1 Å². The Kier molecular flexibility index (Phi) is 6.06. The standard InChI is InChI=1S/C15H25NO/c1-5-17-15-8-6-7-14(10-15)11-16-13(4)9-12(2)3/h6-8,10,12-13,16H,5,9,11H2,1-4H3. The van der Waals surface area contributed by atoms with Crippen molar-refractivity contribution >= 4 is 0 Å². The van der Waals surface area contributed by atoms with Crippen LogP contribution in [0, 0.1) is 5.92 Å². The quantitative estimate of drug-likeness (QED) is 0.779. The molecule has 0 spiro atoms. The third-order valence-electron chi connectivity index (χ3n) is 2.69. The summed E-state index contributed by atoms with van der Waals surface area (Å²) in [6.45, 7) is 10.4. The van der Waals surface area contributed by atoms with Crippen molar-refractivity contribution in [2.45, 2.75) is 46.7 Å². The summed E-state index contributed by atoms with van der Waals surface area (Å²) >= 11 is 0. The minimum atomic E-state index is 0.561. The molecule has 0 bridgehead atoms. The predicted octanol–water partition coefficient (Wildman–Crippen LogP) is 3.61. The number of hydrogen-bond acceptors (Lipinski definition) is 2. The highest BCUT2D eigenvalue weighted by Crippen LogP contribution is 2.13. The maximum absolute atomic E-state index is 5.49. The van der Waals surface area contributed by atoms with Crippen LogP contribution >= 0.6 is 0 Å². The molecule has 96 valence electrons. The maximum Gasteiger partial charge on any atom is 0.119 e. The Hall–Kier alpha value is -1.02. The lowest BCUT2D eigenvalue weighted by atomic mass is 10.1. The van der Waals surface area contributed by atoms with Gasteiger partial charge in [0, 0.05) is 12.6 Å². The molecule has 1 atom stereocenters. The summed E-state index contributed by atoms with van der Waals surface area (Å²) in [5.74, 6) is 1.70. The summed E-state index contributed by atoms with van der Waals surface area (Å²) < 4.78 is 5.49. The van der Waals surface area contributed by atoms with Gasteiger partial charge in [0.05, 0.1) is 6.61 Å². The summed E-state index contributed by atoms with van der Waals surface area (Å²) in [5.41, 5.74) is 1.28. The summed E-state index contributed by atoms with van der Waals surface area (Å²) in [4.78, 5) is 0. The van der Waals surface area contributed by atoms with Gasteiger partial charge in [-0.3, -0.25) is 0 Å². The summed E-state index contributed by atoms with van der Waals surface area (Å²) in [7, 11) is 0. The molecule has 0 aromatic heterocycles. The first-order valence-corrected chi connectivity index (χ1v) is 6.57. The van der Waals surface area contributed by atoms with Crippen molar-refractivity contribution in [1.29, 1.82) is 0 Å². The molecule has 0 aliphatic heterocycles. The zero-order valence-corrected chi connectivity index (χ0v) is 11.5. The van der Waals surface area contributed by atoms with Crippen LogP contribution in [-0.4, -0.2) is 12.6 Å². The van der Waals surface area contributed by atoms with Crippen molar-refractivity contribution in [3.8, 4) is 5.75 Å². The van der Waals surface area contributed by atoms with Crippen LogP contribution in [0.3, 0.4) is 0 Å². The Bertz CT molecular complexity index is 322. The monoisotopic (exact) mass is 235 g/mol. The van der Waals surface area contributed by atoms with E-state index >= 15 is 0 Å². The second-order valence-corrected chi connectivity index (χ2v) is 4.99. The van der Waals surface area contributed by atoms with Crippen molar-refractivity contribution in [3.05, 3.63) is 29.8 Å². The fourth-order valence-corrected chi connectivity index (χ4v) is 1.99. The molecule has 0 saturated heterocycles. The average Bonchev–Trinajstić information content (AvgIpc) is 2.26. The van der Waals surface area contributed by atoms with Gasteiger partial charge in [0.15, 0.2) is 0 Å². The van der Waals surface area contributed by atoms with E-state index in [0.29, 0.717) is 6.04 Å². The molecule has 0 aliphatic rings. The van der Waals surface area contributed by atoms with Gasteiger partial charge in [-0.05, 0) is 43.9 Å². The smallest absolute Gasteiger partial charge is 0.119 e. The van der Waals surface area contributed by atoms with E-state index in [9.17, 15) is 0 Å². The molecule has 1 unspecified atom stereocenters. The molecule has 1 N–H and O–H groups in total. The SMILES string of the molecule is CCOc1cccc(CNC(C)CC(C)C)c1. The first-order chi connectivity index (χ1) is 8.11. The fourth-order valence-electron chi connectivity index (χ4n) is 1.99. The van der Waals surface area contributed by atoms with E-state index in [0.717, 1.165) is 24.8 Å². The molecule has 1 aromatic carbocycles. The number of benzene rings is 1. The molecule has 2 heteroatoms. The molecular formula is C15H25NO. The van der Waals surface area contributed by atoms with Gasteiger partial charge in [0.25, 0.3) is 0 Å². The highest BCUT2D eigenvalue weighted by molar-refractivity contribution is 5.28. The van der Waals surface area contributed by atoms with Gasteiger partial charge in [0.1, 0.15) is 5.75 Å². The molecular weight excluding hydrogens is 210 g/mol. The second-order valence-electron chi connectivity index (χ2n) is 4.99. The number of hydrogen-bond donors (Lipinski definition) is 1. The molecule has 0 radical (unpaired) electrons. The zero-order chi connectivity index (χ0) is 12.7. The number of ether oxygens (including phenoxy) is 1. The van der Waals surface area contributed by atoms with E-state index in [1.54, 1.807) is 0 Å². The molecule has 2 nitrogen and oxygen atoms in total. The first kappa shape index (κ1) is 14.0. The normalized spacial score (nSPS) is 12.8. The van der Waals surface area contributed by atoms with Crippen molar-refractivity contribution in [1.82, 2.24) is 5.32 Å². The molecule has 0 heterocycles. The Labute approximate surface area is 105 Å². The summed E-state index contributed by atoms with van der Waals surface area (Å²) in [6, 6.07) is 8.86. The lowest BCUT2D eigenvalue weighted by Crippen LogP contribution is -2.26. The van der Waals surface area contributed by atoms with E-state index in [1.165, 1.54) is 12.0 Å². The topological polar surface area (TPSA) is 21.3 Å². The predicted molar refractivity (Wildman–Crippen MR) is 73.4 cm³/mol. The largest absolute Gasteiger partial charge is 0.494 e. The Morgan fingerprint density at radius 2 is 2.00 bits per heavy atom. The van der Waals surface area contributed by atoms with Crippen LogP contribution in [-0.2, 0) is 6.54 Å². The van der Waals surface area contributed by atoms with Crippen LogP contribution in [0.5, 0.6) is 5.75 Å². The minimum Gasteiger partial charge on any atom is -0.494 e. The van der Waals surface area contributed by atoms with E-state index in [1.807, 2.05) is 13.0 Å². The number of nitrogens with one attached hydrogen (secondary N) is 1. The Balaban J connectivity index is 2.43. The molecule has 1 aromatic rings. The first-order valence-electron chi connectivity index (χ1n) is 6.57. The third-order valence-corrected chi connectivity index (χ3v) is 2.69. The summed E-state index contributed by atoms with van der Waals surface area (Å²) in [6.07, 6.45) is 1.21. The fraction of sp³-hybridized carbons (Fsp3) is 0.600. The van der Waals surface area contributed by atoms with E-state index in [4.69, 9.17) is 4.74 Å². The lowest BCUT2D eigenvalue weighted by molar-refractivity contribution is 0.339. The van der Waals surface area contributed by atoms with E-state index < -0.39 is 0 Å². The maximum atomic E-state index is 5.49. The van der Waals surface area contributed by atoms with Gasteiger partial charge in [-0.1, -0.05) is 26.0 Å². The summed E-state index contributed by atoms with van der Waals surface area (Å²) in [5, 5.41) is 3.54. The molecule has 0 saturated carbocycles. The van der Waals surface area contributed by atoms with E-state index in [2.05, 4.69) is 44.3 Å². The van der Waals surface area contributed by atoms with Crippen LogP contribution in [0.15, 0.2) is 24.3 Å². The van der Waals surface area contributed by atoms with Crippen LogP contribution < -0.4 is 10.1 Å². The zero-order valence-electron chi connectivity index (χ0n) is 11.5. The Morgan fingerprint density at radius 3 is 2.65 bits per heavy atom. The van der Waals surface area contributed by atoms with Gasteiger partial charge in [-0.25, -0.2) is 0 Å². The van der Waals surface area contributed by atoms with Crippen LogP contribution in [0.2, 0.25) is 0 Å². The number of rotatable bonds is 7. The highest BCUT2D eigenvalue weighted by Gasteiger charge is 2.04. The van der Waals surface area contributed by atoms with Gasteiger partial charge in [-0.15, -0.1) is 0 Å². The second kappa shape index (κ2) is 7.33. The van der Waals surface area contributed by atoms with Gasteiger partial charge in [-0.2, -0.15) is 0 Å². The third kappa shape index (κ3) is 5.73. The Morgan fingerprint density at radius 1 is 1.24 bits per heavy atom. The van der Waals surface area contributed by atoms with Crippen molar-refractivity contribution in [3.63, 3.8) is 0 Å². The van der Waals surface area contributed by atoms with Crippen molar-refractivity contribution < 1.29 is 4.74 Å². The van der Waals surface area contributed by atoms with E-state index in [-0.39, 0.29) is 0 Å². The lowest BCUT2D eigenvalue weighted by Gasteiger charge is -2.16. The molecule has 1 rings (SSSR count). The van der Waals surface area contributed by atoms with Crippen LogP contribution in [0.25, 0.3) is 0 Å². The van der Waals surface area contributed by atoms with Crippen molar-refractivity contribution in [2.24, 2.45) is 5.92 Å². The van der Waals surface area contributed by atoms with Gasteiger partial charge in [0.2, 0.25) is 0 Å².